The number of hydrogen-bond acceptors (Lipinski definition) is 9. The SMILES string of the molecule is CC[C@@H](C)[C@@H](NC(=O)[C@@H](Cc1ccccc1)NC(=O)[C@H](Cc1c[nH]c2ccccc12)NC(=O)[C@@H](N)CCCN=C(N)N)C(=O)N[C@H](Cc1ccccc1)C(=O)N[C@H](CO)C(N)=O. The molecule has 4 aromatic rings. The molecule has 0 aliphatic carbocycles. The van der Waals surface area contributed by atoms with Crippen molar-refractivity contribution in [3.05, 3.63) is 108 Å². The number of primary amides is 1. The molecule has 1 heterocycles. The molecule has 0 spiro atoms. The largest absolute Gasteiger partial charge is 0.394 e. The second-order valence-electron chi connectivity index (χ2n) is 15.2. The van der Waals surface area contributed by atoms with Crippen molar-refractivity contribution in [3.63, 3.8) is 0 Å². The highest BCUT2D eigenvalue weighted by Gasteiger charge is 2.35. The predicted octanol–water partition coefficient (Wildman–Crippen LogP) is -0.476. The van der Waals surface area contributed by atoms with Crippen LogP contribution in [0, 0.1) is 5.92 Å². The zero-order valence-electron chi connectivity index (χ0n) is 35.0. The first-order valence-corrected chi connectivity index (χ1v) is 20.6. The van der Waals surface area contributed by atoms with Crippen molar-refractivity contribution in [2.45, 2.75) is 88.6 Å². The number of fused-ring (bicyclic) bond motifs is 1. The van der Waals surface area contributed by atoms with Crippen LogP contribution >= 0.6 is 0 Å². The van der Waals surface area contributed by atoms with Gasteiger partial charge in [-0.2, -0.15) is 0 Å². The molecule has 6 amide bonds. The Hall–Kier alpha value is -6.79. The Kier molecular flexibility index (Phi) is 18.4. The van der Waals surface area contributed by atoms with Crippen LogP contribution in [0.15, 0.2) is 96.1 Å². The molecule has 1 aromatic heterocycles. The van der Waals surface area contributed by atoms with Gasteiger partial charge in [-0.15, -0.1) is 0 Å². The number of carbonyl (C=O) groups excluding carboxylic acids is 6. The molecule has 0 aliphatic rings. The molecule has 18 heteroatoms. The number of aliphatic hydroxyl groups is 1. The molecule has 15 N–H and O–H groups in total. The van der Waals surface area contributed by atoms with E-state index < -0.39 is 84.2 Å². The Morgan fingerprint density at radius 3 is 1.71 bits per heavy atom. The molecule has 0 bridgehead atoms. The molecule has 0 fully saturated rings. The molecule has 18 nitrogen and oxygen atoms in total. The molecule has 62 heavy (non-hydrogen) atoms. The van der Waals surface area contributed by atoms with Crippen LogP contribution in [0.25, 0.3) is 10.9 Å². The maximum atomic E-state index is 14.4. The van der Waals surface area contributed by atoms with Crippen molar-refractivity contribution in [2.24, 2.45) is 33.8 Å². The zero-order valence-corrected chi connectivity index (χ0v) is 35.0. The van der Waals surface area contributed by atoms with Crippen LogP contribution in [-0.4, -0.2) is 101 Å². The standard InChI is InChI=1S/C44H59N11O7/c1-3-26(2)37(43(62)53-33(21-27-13-6-4-7-14-27)40(59)54-36(25-56)38(46)57)55-42(61)34(22-28-15-8-5-9-16-28)52-41(60)35(23-29-24-50-32-19-11-10-17-30(29)32)51-39(58)31(45)18-12-20-49-44(47)48/h4-11,13-17,19,24,26,31,33-37,50,56H,3,12,18,20-23,25,45H2,1-2H3,(H2,46,57)(H,51,58)(H,52,60)(H,53,62)(H,54,59)(H,55,61)(H4,47,48,49)/t26-,31+,33-,34-,35+,36-,37-/m1/s1. The summed E-state index contributed by atoms with van der Waals surface area (Å²) in [6, 6.07) is 18.0. The minimum atomic E-state index is -1.40. The first kappa shape index (κ1) is 47.9. The lowest BCUT2D eigenvalue weighted by Crippen LogP contribution is -2.61. The first-order valence-electron chi connectivity index (χ1n) is 20.6. The summed E-state index contributed by atoms with van der Waals surface area (Å²) in [5.41, 5.74) is 25.4. The van der Waals surface area contributed by atoms with Crippen molar-refractivity contribution >= 4 is 52.3 Å². The number of amides is 6. The lowest BCUT2D eigenvalue weighted by Gasteiger charge is -2.29. The number of guanidine groups is 1. The van der Waals surface area contributed by atoms with Gasteiger partial charge in [-0.1, -0.05) is 99.1 Å². The third-order valence-corrected chi connectivity index (χ3v) is 10.5. The minimum absolute atomic E-state index is 0.00660. The summed E-state index contributed by atoms with van der Waals surface area (Å²) in [4.78, 5) is 88.9. The van der Waals surface area contributed by atoms with E-state index in [1.807, 2.05) is 37.3 Å². The lowest BCUT2D eigenvalue weighted by atomic mass is 9.96. The van der Waals surface area contributed by atoms with E-state index in [1.165, 1.54) is 0 Å². The van der Waals surface area contributed by atoms with E-state index in [0.717, 1.165) is 16.5 Å². The van der Waals surface area contributed by atoms with Crippen LogP contribution < -0.4 is 49.5 Å². The van der Waals surface area contributed by atoms with E-state index in [-0.39, 0.29) is 38.2 Å². The number of aliphatic imine (C=N–C) groups is 1. The molecule has 0 radical (unpaired) electrons. The maximum absolute atomic E-state index is 14.4. The van der Waals surface area contributed by atoms with E-state index in [1.54, 1.807) is 67.7 Å². The normalized spacial score (nSPS) is 14.5. The maximum Gasteiger partial charge on any atom is 0.243 e. The van der Waals surface area contributed by atoms with E-state index in [9.17, 15) is 33.9 Å². The van der Waals surface area contributed by atoms with E-state index >= 15 is 0 Å². The molecule has 0 saturated heterocycles. The summed E-state index contributed by atoms with van der Waals surface area (Å²) in [5.74, 6) is -4.97. The number of nitrogens with two attached hydrogens (primary N) is 4. The topological polar surface area (TPSA) is 315 Å². The van der Waals surface area contributed by atoms with Crippen LogP contribution in [0.2, 0.25) is 0 Å². The molecule has 3 aromatic carbocycles. The number of para-hydroxylation sites is 1. The van der Waals surface area contributed by atoms with Gasteiger partial charge in [-0.3, -0.25) is 33.8 Å². The van der Waals surface area contributed by atoms with Gasteiger partial charge in [0.2, 0.25) is 35.4 Å². The number of rotatable bonds is 24. The zero-order chi connectivity index (χ0) is 45.2. The summed E-state index contributed by atoms with van der Waals surface area (Å²) < 4.78 is 0. The number of carbonyl (C=O) groups is 6. The van der Waals surface area contributed by atoms with E-state index in [2.05, 4.69) is 36.6 Å². The number of nitrogens with one attached hydrogen (secondary N) is 6. The van der Waals surface area contributed by atoms with Gasteiger partial charge in [-0.05, 0) is 41.5 Å². The van der Waals surface area contributed by atoms with Gasteiger partial charge in [0.1, 0.15) is 30.2 Å². The molecule has 0 saturated carbocycles. The van der Waals surface area contributed by atoms with Gasteiger partial charge in [-0.25, -0.2) is 0 Å². The van der Waals surface area contributed by atoms with Gasteiger partial charge in [0.15, 0.2) is 5.96 Å². The van der Waals surface area contributed by atoms with Crippen LogP contribution in [0.4, 0.5) is 0 Å². The van der Waals surface area contributed by atoms with Crippen LogP contribution in [0.5, 0.6) is 0 Å². The Bertz CT molecular complexity index is 2140. The summed E-state index contributed by atoms with van der Waals surface area (Å²) in [6.45, 7) is 3.09. The predicted molar refractivity (Wildman–Crippen MR) is 236 cm³/mol. The van der Waals surface area contributed by atoms with Gasteiger partial charge in [0.25, 0.3) is 0 Å². The number of aromatic nitrogens is 1. The number of aliphatic hydroxyl groups excluding tert-OH is 1. The van der Waals surface area contributed by atoms with Gasteiger partial charge < -0.3 is 59.6 Å². The third-order valence-electron chi connectivity index (χ3n) is 10.5. The molecule has 4 rings (SSSR count). The fraction of sp³-hybridized carbons (Fsp3) is 0.386. The van der Waals surface area contributed by atoms with Crippen molar-refractivity contribution in [2.75, 3.05) is 13.2 Å². The summed E-state index contributed by atoms with van der Waals surface area (Å²) >= 11 is 0. The van der Waals surface area contributed by atoms with E-state index in [4.69, 9.17) is 22.9 Å². The van der Waals surface area contributed by atoms with Gasteiger partial charge in [0.05, 0.1) is 12.6 Å². The molecule has 332 valence electrons. The quantitative estimate of drug-likeness (QED) is 0.0245. The van der Waals surface area contributed by atoms with Crippen molar-refractivity contribution in [1.82, 2.24) is 31.6 Å². The Morgan fingerprint density at radius 1 is 0.661 bits per heavy atom. The van der Waals surface area contributed by atoms with Crippen LogP contribution in [-0.2, 0) is 48.0 Å². The monoisotopic (exact) mass is 853 g/mol. The van der Waals surface area contributed by atoms with E-state index in [0.29, 0.717) is 24.0 Å². The summed E-state index contributed by atoms with van der Waals surface area (Å²) in [6.07, 6.45) is 2.87. The molecular formula is C44H59N11O7. The van der Waals surface area contributed by atoms with Crippen molar-refractivity contribution < 1.29 is 33.9 Å². The first-order chi connectivity index (χ1) is 29.7. The number of benzene rings is 3. The number of hydrogen-bond donors (Lipinski definition) is 11. The minimum Gasteiger partial charge on any atom is -0.394 e. The van der Waals surface area contributed by atoms with Crippen LogP contribution in [0.3, 0.4) is 0 Å². The Morgan fingerprint density at radius 2 is 1.16 bits per heavy atom. The average molecular weight is 854 g/mol. The summed E-state index contributed by atoms with van der Waals surface area (Å²) in [7, 11) is 0. The van der Waals surface area contributed by atoms with Crippen molar-refractivity contribution in [1.29, 1.82) is 0 Å². The highest BCUT2D eigenvalue weighted by atomic mass is 16.3. The molecule has 0 aliphatic heterocycles. The Balaban J connectivity index is 1.62. The van der Waals surface area contributed by atoms with Gasteiger partial charge in [0, 0.05) is 42.9 Å². The molecule has 0 unspecified atom stereocenters. The van der Waals surface area contributed by atoms with Crippen molar-refractivity contribution in [3.8, 4) is 0 Å². The summed E-state index contributed by atoms with van der Waals surface area (Å²) in [5, 5.41) is 24.1. The smallest absolute Gasteiger partial charge is 0.243 e. The molecular weight excluding hydrogens is 795 g/mol. The number of H-pyrrole nitrogens is 1. The third kappa shape index (κ3) is 14.4. The highest BCUT2D eigenvalue weighted by molar-refractivity contribution is 5.97. The number of aromatic amines is 1. The Labute approximate surface area is 360 Å². The lowest BCUT2D eigenvalue weighted by molar-refractivity contribution is -0.136. The average Bonchev–Trinajstić information content (AvgIpc) is 3.67. The second kappa shape index (κ2) is 23.9. The van der Waals surface area contributed by atoms with Gasteiger partial charge >= 0.3 is 0 Å². The molecule has 7 atom stereocenters. The second-order valence-corrected chi connectivity index (χ2v) is 15.2. The van der Waals surface area contributed by atoms with Crippen LogP contribution in [0.1, 0.15) is 49.8 Å². The number of nitrogens with zero attached hydrogens (tertiary/aromatic N) is 1. The highest BCUT2D eigenvalue weighted by Crippen LogP contribution is 2.20. The fourth-order valence-corrected chi connectivity index (χ4v) is 6.75. The fourth-order valence-electron chi connectivity index (χ4n) is 6.75.